The number of nitrogens with zero attached hydrogens (tertiary/aromatic N) is 1. The van der Waals surface area contributed by atoms with Gasteiger partial charge in [-0.2, -0.15) is 4.31 Å². The first-order valence-corrected chi connectivity index (χ1v) is 8.19. The smallest absolute Gasteiger partial charge is 0.243 e. The van der Waals surface area contributed by atoms with Crippen molar-refractivity contribution in [2.75, 3.05) is 19.6 Å². The third-order valence-corrected chi connectivity index (χ3v) is 5.88. The van der Waals surface area contributed by atoms with Crippen LogP contribution in [0.25, 0.3) is 0 Å². The fourth-order valence-corrected chi connectivity index (χ4v) is 4.48. The van der Waals surface area contributed by atoms with Gasteiger partial charge in [0, 0.05) is 30.1 Å². The monoisotopic (exact) mass is 332 g/mol. The van der Waals surface area contributed by atoms with Crippen molar-refractivity contribution in [3.8, 4) is 0 Å². The number of halogens is 1. The molecule has 1 aliphatic rings. The minimum absolute atomic E-state index is 0.0818. The normalized spacial score (nSPS) is 16.9. The number of benzene rings is 1. The highest BCUT2D eigenvalue weighted by Gasteiger charge is 2.34. The van der Waals surface area contributed by atoms with Crippen LogP contribution in [0, 0.1) is 6.92 Å². The zero-order chi connectivity index (χ0) is 13.3. The topological polar surface area (TPSA) is 49.4 Å². The van der Waals surface area contributed by atoms with Gasteiger partial charge in [-0.05, 0) is 24.6 Å². The van der Waals surface area contributed by atoms with E-state index in [2.05, 4.69) is 21.2 Å². The lowest BCUT2D eigenvalue weighted by atomic mass is 10.2. The molecule has 6 heteroatoms. The van der Waals surface area contributed by atoms with Crippen LogP contribution >= 0.6 is 15.9 Å². The summed E-state index contributed by atoms with van der Waals surface area (Å²) in [6.45, 7) is 5.68. The Morgan fingerprint density at radius 3 is 2.61 bits per heavy atom. The number of hydrogen-bond donors (Lipinski definition) is 1. The summed E-state index contributed by atoms with van der Waals surface area (Å²) >= 11 is 3.33. The molecule has 1 aliphatic heterocycles. The van der Waals surface area contributed by atoms with Crippen LogP contribution < -0.4 is 5.32 Å². The van der Waals surface area contributed by atoms with Crippen LogP contribution in [0.5, 0.6) is 0 Å². The van der Waals surface area contributed by atoms with Crippen LogP contribution in [0.2, 0.25) is 0 Å². The molecule has 0 amide bonds. The molecule has 0 atom stereocenters. The van der Waals surface area contributed by atoms with Crippen LogP contribution in [-0.4, -0.2) is 38.4 Å². The van der Waals surface area contributed by atoms with Crippen molar-refractivity contribution >= 4 is 26.0 Å². The van der Waals surface area contributed by atoms with Gasteiger partial charge in [-0.25, -0.2) is 8.42 Å². The van der Waals surface area contributed by atoms with Crippen molar-refractivity contribution in [3.05, 3.63) is 28.2 Å². The molecule has 1 heterocycles. The van der Waals surface area contributed by atoms with Gasteiger partial charge in [0.1, 0.15) is 0 Å². The van der Waals surface area contributed by atoms with Crippen molar-refractivity contribution < 1.29 is 8.42 Å². The van der Waals surface area contributed by atoms with E-state index in [1.165, 1.54) is 0 Å². The van der Waals surface area contributed by atoms with E-state index in [1.54, 1.807) is 10.4 Å². The number of likely N-dealkylation sites (N-methyl/N-ethyl adjacent to an activating group) is 1. The first kappa shape index (κ1) is 14.0. The lowest BCUT2D eigenvalue weighted by molar-refractivity contribution is 0.249. The molecular formula is C12H17BrN2O2S. The van der Waals surface area contributed by atoms with Crippen molar-refractivity contribution in [1.82, 2.24) is 9.62 Å². The van der Waals surface area contributed by atoms with E-state index in [0.717, 1.165) is 23.1 Å². The highest BCUT2D eigenvalue weighted by Crippen LogP contribution is 2.25. The van der Waals surface area contributed by atoms with Crippen LogP contribution in [0.3, 0.4) is 0 Å². The second-order valence-corrected chi connectivity index (χ2v) is 7.20. The fraction of sp³-hybridized carbons (Fsp3) is 0.500. The molecule has 4 nitrogen and oxygen atoms in total. The molecule has 0 unspecified atom stereocenters. The highest BCUT2D eigenvalue weighted by molar-refractivity contribution is 9.10. The number of rotatable bonds is 4. The SMILES string of the molecule is CCN(C1CNC1)S(=O)(=O)c1cc(Br)ccc1C. The lowest BCUT2D eigenvalue weighted by Gasteiger charge is -2.36. The molecule has 18 heavy (non-hydrogen) atoms. The van der Waals surface area contributed by atoms with Gasteiger partial charge < -0.3 is 5.32 Å². The van der Waals surface area contributed by atoms with Crippen molar-refractivity contribution in [2.45, 2.75) is 24.8 Å². The fourth-order valence-electron chi connectivity index (χ4n) is 2.08. The van der Waals surface area contributed by atoms with Crippen LogP contribution in [0.1, 0.15) is 12.5 Å². The van der Waals surface area contributed by atoms with Gasteiger partial charge in [-0.3, -0.25) is 0 Å². The van der Waals surface area contributed by atoms with Gasteiger partial charge >= 0.3 is 0 Å². The molecule has 0 spiro atoms. The van der Waals surface area contributed by atoms with E-state index in [9.17, 15) is 8.42 Å². The van der Waals surface area contributed by atoms with E-state index in [1.807, 2.05) is 26.0 Å². The minimum Gasteiger partial charge on any atom is -0.313 e. The summed E-state index contributed by atoms with van der Waals surface area (Å²) in [6, 6.07) is 5.44. The summed E-state index contributed by atoms with van der Waals surface area (Å²) in [7, 11) is -3.40. The number of aryl methyl sites for hydroxylation is 1. The Bertz CT molecular complexity index is 541. The van der Waals surface area contributed by atoms with E-state index in [-0.39, 0.29) is 6.04 Å². The highest BCUT2D eigenvalue weighted by atomic mass is 79.9. The third-order valence-electron chi connectivity index (χ3n) is 3.22. The third kappa shape index (κ3) is 2.47. The first-order valence-electron chi connectivity index (χ1n) is 5.95. The molecule has 1 aromatic carbocycles. The minimum atomic E-state index is -3.40. The maximum Gasteiger partial charge on any atom is 0.243 e. The standard InChI is InChI=1S/C12H17BrN2O2S/c1-3-15(11-7-14-8-11)18(16,17)12-6-10(13)5-4-9(12)2/h4-6,11,14H,3,7-8H2,1-2H3. The Morgan fingerprint density at radius 1 is 1.44 bits per heavy atom. The van der Waals surface area contributed by atoms with Gasteiger partial charge in [0.15, 0.2) is 0 Å². The summed E-state index contributed by atoms with van der Waals surface area (Å²) < 4.78 is 27.7. The largest absolute Gasteiger partial charge is 0.313 e. The zero-order valence-corrected chi connectivity index (χ0v) is 12.9. The van der Waals surface area contributed by atoms with Crippen LogP contribution in [-0.2, 0) is 10.0 Å². The molecule has 100 valence electrons. The summed E-state index contributed by atoms with van der Waals surface area (Å²) in [5.74, 6) is 0. The maximum absolute atomic E-state index is 12.6. The molecule has 0 saturated carbocycles. The van der Waals surface area contributed by atoms with Crippen LogP contribution in [0.4, 0.5) is 0 Å². The molecule has 0 aliphatic carbocycles. The van der Waals surface area contributed by atoms with Crippen LogP contribution in [0.15, 0.2) is 27.6 Å². The number of hydrogen-bond acceptors (Lipinski definition) is 3. The second-order valence-electron chi connectivity index (χ2n) is 4.43. The van der Waals surface area contributed by atoms with Crippen molar-refractivity contribution in [1.29, 1.82) is 0 Å². The predicted molar refractivity (Wildman–Crippen MR) is 75.1 cm³/mol. The lowest BCUT2D eigenvalue weighted by Crippen LogP contribution is -2.58. The average Bonchev–Trinajstić information content (AvgIpc) is 2.26. The zero-order valence-electron chi connectivity index (χ0n) is 10.5. The molecule has 1 N–H and O–H groups in total. The number of sulfonamides is 1. The Kier molecular flexibility index (Phi) is 4.11. The Balaban J connectivity index is 2.42. The Morgan fingerprint density at radius 2 is 2.11 bits per heavy atom. The first-order chi connectivity index (χ1) is 8.46. The molecule has 0 radical (unpaired) electrons. The second kappa shape index (κ2) is 5.28. The Labute approximate surface area is 117 Å². The molecule has 1 fully saturated rings. The summed E-state index contributed by atoms with van der Waals surface area (Å²) in [5, 5.41) is 3.11. The number of nitrogens with one attached hydrogen (secondary N) is 1. The predicted octanol–water partition coefficient (Wildman–Crippen LogP) is 1.74. The molecule has 0 aromatic heterocycles. The maximum atomic E-state index is 12.6. The van der Waals surface area contributed by atoms with Crippen molar-refractivity contribution in [2.24, 2.45) is 0 Å². The van der Waals surface area contributed by atoms with Gasteiger partial charge in [-0.15, -0.1) is 0 Å². The van der Waals surface area contributed by atoms with E-state index < -0.39 is 10.0 Å². The molecule has 0 bridgehead atoms. The summed E-state index contributed by atoms with van der Waals surface area (Å²) in [4.78, 5) is 0.394. The van der Waals surface area contributed by atoms with E-state index in [0.29, 0.717) is 11.4 Å². The van der Waals surface area contributed by atoms with Gasteiger partial charge in [0.2, 0.25) is 10.0 Å². The molecular weight excluding hydrogens is 316 g/mol. The van der Waals surface area contributed by atoms with Gasteiger partial charge in [-0.1, -0.05) is 28.9 Å². The van der Waals surface area contributed by atoms with Gasteiger partial charge in [0.05, 0.1) is 4.90 Å². The summed E-state index contributed by atoms with van der Waals surface area (Å²) in [5.41, 5.74) is 0.781. The molecule has 2 rings (SSSR count). The molecule has 1 saturated heterocycles. The average molecular weight is 333 g/mol. The molecule has 1 aromatic rings. The van der Waals surface area contributed by atoms with Crippen molar-refractivity contribution in [3.63, 3.8) is 0 Å². The Hall–Kier alpha value is -0.430. The van der Waals surface area contributed by atoms with E-state index >= 15 is 0 Å². The summed E-state index contributed by atoms with van der Waals surface area (Å²) in [6.07, 6.45) is 0. The van der Waals surface area contributed by atoms with E-state index in [4.69, 9.17) is 0 Å². The van der Waals surface area contributed by atoms with Gasteiger partial charge in [0.25, 0.3) is 0 Å². The quantitative estimate of drug-likeness (QED) is 0.913.